The van der Waals surface area contributed by atoms with Gasteiger partial charge >= 0.3 is 5.69 Å². The zero-order valence-electron chi connectivity index (χ0n) is 37.0. The highest BCUT2D eigenvalue weighted by molar-refractivity contribution is 7.16. The Bertz CT molecular complexity index is 2750. The number of nitrogens with two attached hydrogens (primary N) is 1. The van der Waals surface area contributed by atoms with E-state index in [2.05, 4.69) is 48.4 Å². The number of hydrogen-bond donors (Lipinski definition) is 2. The summed E-state index contributed by atoms with van der Waals surface area (Å²) in [5, 5.41) is 17.1. The van der Waals surface area contributed by atoms with Crippen molar-refractivity contribution in [3.8, 4) is 17.6 Å². The summed E-state index contributed by atoms with van der Waals surface area (Å²) in [6.45, 7) is 9.87. The van der Waals surface area contributed by atoms with Crippen LogP contribution in [0.15, 0.2) is 39.8 Å². The lowest BCUT2D eigenvalue weighted by Gasteiger charge is -2.39. The SMILES string of the molecule is Cn1c(=O)n(C2CCC(=O)NC2=O)c2cc(C3CCN(CC4CCN(C(=O)CN5CCN(c6nccc(-c7noc([C@@]8(C)CCCc9sc(N)c(C#N)c98)n7)n6)CC5)CC4)CC3)ccc21. The number of piperazine rings is 1. The Morgan fingerprint density at radius 2 is 1.75 bits per heavy atom. The number of nitrogens with one attached hydrogen (secondary N) is 1. The standard InChI is InChI=1S/C46H55N13O5S/c1-46(14-3-4-36-39(46)31(25-47)40(48)65-36)43-52-41(53-64-43)32-9-15-49-44(50-32)58-22-20-56(21-23-58)27-38(61)57-18-10-28(11-19-57)26-55-16-12-29(13-17-55)30-5-6-33-35(24-30)59(45(63)54(33)2)34-7-8-37(60)51-42(34)62/h5-6,9,15,24,28-29,34H,3-4,7-8,10-14,16-23,26-27,48H2,1-2H3,(H,51,60,62)/t34?,46-/m0/s1. The van der Waals surface area contributed by atoms with Crippen molar-refractivity contribution in [3.63, 3.8) is 0 Å². The summed E-state index contributed by atoms with van der Waals surface area (Å²) in [5.41, 5.74) is 10.1. The van der Waals surface area contributed by atoms with E-state index in [4.69, 9.17) is 20.2 Å². The van der Waals surface area contributed by atoms with Crippen LogP contribution in [0.4, 0.5) is 10.9 Å². The van der Waals surface area contributed by atoms with Crippen molar-refractivity contribution >= 4 is 51.0 Å². The zero-order valence-corrected chi connectivity index (χ0v) is 37.8. The lowest BCUT2D eigenvalue weighted by Crippen LogP contribution is -2.51. The van der Waals surface area contributed by atoms with Crippen LogP contribution in [0, 0.1) is 17.2 Å². The van der Waals surface area contributed by atoms with Gasteiger partial charge < -0.3 is 25.0 Å². The maximum absolute atomic E-state index is 13.5. The minimum Gasteiger partial charge on any atom is -0.389 e. The Hall–Kier alpha value is -5.97. The van der Waals surface area contributed by atoms with Gasteiger partial charge in [0.05, 0.1) is 28.6 Å². The van der Waals surface area contributed by atoms with Gasteiger partial charge in [-0.3, -0.25) is 33.7 Å². The number of fused-ring (bicyclic) bond motifs is 2. The Balaban J connectivity index is 0.679. The third-order valence-corrected chi connectivity index (χ3v) is 15.8. The summed E-state index contributed by atoms with van der Waals surface area (Å²) in [5.74, 6) is 1.80. The number of piperidine rings is 3. The van der Waals surface area contributed by atoms with Gasteiger partial charge in [-0.1, -0.05) is 11.2 Å². The molecule has 1 unspecified atom stereocenters. The molecule has 5 aliphatic rings. The molecule has 3 N–H and O–H groups in total. The summed E-state index contributed by atoms with van der Waals surface area (Å²) >= 11 is 1.47. The third-order valence-electron chi connectivity index (χ3n) is 14.7. The van der Waals surface area contributed by atoms with E-state index in [1.165, 1.54) is 16.9 Å². The van der Waals surface area contributed by atoms with Gasteiger partial charge in [-0.05, 0) is 107 Å². The largest absolute Gasteiger partial charge is 0.389 e. The summed E-state index contributed by atoms with van der Waals surface area (Å²) in [6, 6.07) is 9.57. The molecule has 1 aliphatic carbocycles. The Labute approximate surface area is 380 Å². The number of nitrogens with zero attached hydrogens (tertiary/aromatic N) is 11. The number of nitrogen functional groups attached to an aromatic ring is 1. The maximum atomic E-state index is 13.5. The van der Waals surface area contributed by atoms with Crippen LogP contribution in [0.3, 0.4) is 0 Å². The highest BCUT2D eigenvalue weighted by Crippen LogP contribution is 2.48. The molecule has 4 aromatic heterocycles. The molecular weight excluding hydrogens is 847 g/mol. The molecule has 3 amide bonds. The second-order valence-corrected chi connectivity index (χ2v) is 19.8. The van der Waals surface area contributed by atoms with Crippen molar-refractivity contribution in [1.82, 2.24) is 49.3 Å². The van der Waals surface area contributed by atoms with Crippen molar-refractivity contribution in [1.29, 1.82) is 5.26 Å². The fraction of sp³-hybridized carbons (Fsp3) is 0.543. The summed E-state index contributed by atoms with van der Waals surface area (Å²) in [4.78, 5) is 75.6. The number of likely N-dealkylation sites (tertiary alicyclic amines) is 2. The Morgan fingerprint density at radius 3 is 2.51 bits per heavy atom. The van der Waals surface area contributed by atoms with E-state index in [1.807, 2.05) is 17.9 Å². The molecule has 5 aromatic rings. The fourth-order valence-electron chi connectivity index (χ4n) is 10.9. The molecule has 1 aromatic carbocycles. The van der Waals surface area contributed by atoms with Crippen LogP contribution < -0.4 is 21.6 Å². The normalized spacial score (nSPS) is 22.9. The minimum atomic E-state index is -0.694. The van der Waals surface area contributed by atoms with Gasteiger partial charge in [-0.25, -0.2) is 14.8 Å². The first-order chi connectivity index (χ1) is 31.5. The van der Waals surface area contributed by atoms with Gasteiger partial charge in [0.1, 0.15) is 22.8 Å². The summed E-state index contributed by atoms with van der Waals surface area (Å²) in [6.07, 6.45) is 8.87. The van der Waals surface area contributed by atoms with Gasteiger partial charge in [0.15, 0.2) is 0 Å². The molecule has 0 radical (unpaired) electrons. The predicted octanol–water partition coefficient (Wildman–Crippen LogP) is 3.56. The Kier molecular flexibility index (Phi) is 11.5. The molecule has 0 spiro atoms. The van der Waals surface area contributed by atoms with Crippen LogP contribution in [-0.2, 0) is 33.3 Å². The molecular formula is C46H55N13O5S. The van der Waals surface area contributed by atoms with Gasteiger partial charge in [0.25, 0.3) is 0 Å². The van der Waals surface area contributed by atoms with E-state index in [9.17, 15) is 24.4 Å². The number of aryl methyl sites for hydroxylation is 2. The van der Waals surface area contributed by atoms with Crippen LogP contribution in [-0.4, -0.2) is 127 Å². The quantitative estimate of drug-likeness (QED) is 0.202. The second-order valence-electron chi connectivity index (χ2n) is 18.7. The predicted molar refractivity (Wildman–Crippen MR) is 243 cm³/mol. The van der Waals surface area contributed by atoms with E-state index >= 15 is 0 Å². The number of benzene rings is 1. The van der Waals surface area contributed by atoms with E-state index in [-0.39, 0.29) is 23.9 Å². The number of amides is 3. The molecule has 340 valence electrons. The molecule has 4 saturated heterocycles. The van der Waals surface area contributed by atoms with Crippen LogP contribution >= 0.6 is 11.3 Å². The van der Waals surface area contributed by atoms with Crippen molar-refractivity contribution in [2.45, 2.75) is 82.1 Å². The molecule has 10 rings (SSSR count). The molecule has 0 saturated carbocycles. The molecule has 4 aliphatic heterocycles. The zero-order chi connectivity index (χ0) is 45.0. The van der Waals surface area contributed by atoms with Crippen molar-refractivity contribution in [3.05, 3.63) is 68.4 Å². The number of rotatable bonds is 9. The highest BCUT2D eigenvalue weighted by Gasteiger charge is 2.43. The first-order valence-corrected chi connectivity index (χ1v) is 23.8. The summed E-state index contributed by atoms with van der Waals surface area (Å²) in [7, 11) is 1.73. The lowest BCUT2D eigenvalue weighted by molar-refractivity contribution is -0.136. The minimum absolute atomic E-state index is 0.188. The van der Waals surface area contributed by atoms with Crippen molar-refractivity contribution < 1.29 is 18.9 Å². The number of aromatic nitrogens is 6. The smallest absolute Gasteiger partial charge is 0.329 e. The maximum Gasteiger partial charge on any atom is 0.329 e. The number of carbonyl (C=O) groups excluding carboxylic acids is 3. The molecule has 65 heavy (non-hydrogen) atoms. The van der Waals surface area contributed by atoms with Gasteiger partial charge in [-0.15, -0.1) is 11.3 Å². The average Bonchev–Trinajstić information content (AvgIpc) is 4.02. The molecule has 19 heteroatoms. The van der Waals surface area contributed by atoms with Crippen molar-refractivity contribution in [2.24, 2.45) is 13.0 Å². The Morgan fingerprint density at radius 1 is 0.969 bits per heavy atom. The molecule has 0 bridgehead atoms. The third kappa shape index (κ3) is 8.09. The van der Waals surface area contributed by atoms with Gasteiger partial charge in [-0.2, -0.15) is 10.2 Å². The van der Waals surface area contributed by atoms with Crippen LogP contribution in [0.5, 0.6) is 0 Å². The van der Waals surface area contributed by atoms with Gasteiger partial charge in [0.2, 0.25) is 35.4 Å². The second kappa shape index (κ2) is 17.4. The first kappa shape index (κ1) is 43.0. The number of nitriles is 1. The van der Waals surface area contributed by atoms with Crippen LogP contribution in [0.1, 0.15) is 97.7 Å². The van der Waals surface area contributed by atoms with E-state index in [0.717, 1.165) is 112 Å². The number of hydrogen-bond acceptors (Lipinski definition) is 15. The lowest BCUT2D eigenvalue weighted by atomic mass is 9.72. The number of imidazole rings is 1. The first-order valence-electron chi connectivity index (χ1n) is 23.0. The van der Waals surface area contributed by atoms with Gasteiger partial charge in [0, 0.05) is 75.9 Å². The summed E-state index contributed by atoms with van der Waals surface area (Å²) < 4.78 is 9.01. The van der Waals surface area contributed by atoms with E-state index in [0.29, 0.717) is 71.8 Å². The highest BCUT2D eigenvalue weighted by atomic mass is 32.1. The van der Waals surface area contributed by atoms with Crippen LogP contribution in [0.2, 0.25) is 0 Å². The molecule has 4 fully saturated rings. The van der Waals surface area contributed by atoms with Crippen LogP contribution in [0.25, 0.3) is 22.6 Å². The number of carbonyl (C=O) groups is 3. The number of anilines is 2. The average molecular weight is 902 g/mol. The van der Waals surface area contributed by atoms with E-state index in [1.54, 1.807) is 28.4 Å². The fourth-order valence-corrected chi connectivity index (χ4v) is 12.1. The monoisotopic (exact) mass is 901 g/mol. The molecule has 2 atom stereocenters. The topological polar surface area (TPSA) is 218 Å². The molecule has 8 heterocycles. The van der Waals surface area contributed by atoms with Crippen molar-refractivity contribution in [2.75, 3.05) is 76.1 Å². The number of thiophene rings is 1. The van der Waals surface area contributed by atoms with E-state index < -0.39 is 17.4 Å². The molecule has 18 nitrogen and oxygen atoms in total. The number of imide groups is 1.